The molecule has 5 aliphatic carbocycles. The zero-order valence-corrected chi connectivity index (χ0v) is 39.1. The molecule has 4 saturated carbocycles. The molecule has 10 N–H and O–H groups in total. The summed E-state index contributed by atoms with van der Waals surface area (Å²) in [6, 6.07) is 0. The molecule has 0 unspecified atom stereocenters. The number of ether oxygens (including phenoxy) is 7. The highest BCUT2D eigenvalue weighted by atomic mass is 16.8. The van der Waals surface area contributed by atoms with E-state index in [1.54, 1.807) is 6.92 Å². The lowest BCUT2D eigenvalue weighted by Gasteiger charge is -2.73. The standard InChI is InChI=1S/C48H78O17/c1-23-30(52)37(64-39-35(57)33(55)31(53)24(19-49)61-39)38(65-40-36(58)34(56)32(54)25(20-50)62-40)41(60-23)63-29-10-11-43(4)26(44(29,5)21-51)8-12-45(6)27(43)9-13-48-28-18-42(2,3)14-16-47(28,22-59-48)17-15-46(45,48)7/h9,13,23-41,49-58H,8,10-12,14-22H2,1-7H3/t23-,24-,25-,26-,27-,28-,29+,30+,31-,32-,33+,34+,35-,36-,37+,38-,39+,40+,41+,43+,44+,45-,46+,47-,48+/m1/s1. The monoisotopic (exact) mass is 927 g/mol. The van der Waals surface area contributed by atoms with Crippen LogP contribution in [0.5, 0.6) is 0 Å². The van der Waals surface area contributed by atoms with Crippen LogP contribution < -0.4 is 0 Å². The predicted octanol–water partition coefficient (Wildman–Crippen LogP) is 0.630. The Hall–Kier alpha value is -0.940. The maximum Gasteiger partial charge on any atom is 0.187 e. The van der Waals surface area contributed by atoms with E-state index in [1.165, 1.54) is 19.3 Å². The molecule has 25 atom stereocenters. The molecule has 0 amide bonds. The molecule has 4 saturated heterocycles. The van der Waals surface area contributed by atoms with Crippen LogP contribution in [0.2, 0.25) is 0 Å². The van der Waals surface area contributed by atoms with Crippen molar-refractivity contribution < 1.29 is 84.2 Å². The van der Waals surface area contributed by atoms with Gasteiger partial charge in [-0.25, -0.2) is 0 Å². The molecule has 8 fully saturated rings. The van der Waals surface area contributed by atoms with Crippen LogP contribution in [0.25, 0.3) is 0 Å². The van der Waals surface area contributed by atoms with Crippen LogP contribution in [0.3, 0.4) is 0 Å². The Labute approximate surface area is 382 Å². The Balaban J connectivity index is 1.02. The van der Waals surface area contributed by atoms with Gasteiger partial charge in [0.2, 0.25) is 0 Å². The summed E-state index contributed by atoms with van der Waals surface area (Å²) in [5.41, 5.74) is -1.12. The molecule has 2 bridgehead atoms. The third kappa shape index (κ3) is 7.09. The summed E-state index contributed by atoms with van der Waals surface area (Å²) in [5.74, 6) is 0.633. The molecule has 9 aliphatic rings. The molecular formula is C48H78O17. The summed E-state index contributed by atoms with van der Waals surface area (Å²) in [7, 11) is 0. The van der Waals surface area contributed by atoms with E-state index in [4.69, 9.17) is 33.2 Å². The van der Waals surface area contributed by atoms with Crippen LogP contribution in [-0.4, -0.2) is 181 Å². The summed E-state index contributed by atoms with van der Waals surface area (Å²) in [5, 5.41) is 108. The maximum atomic E-state index is 11.7. The lowest BCUT2D eigenvalue weighted by atomic mass is 9.32. The largest absolute Gasteiger partial charge is 0.396 e. The zero-order chi connectivity index (χ0) is 47.0. The molecule has 9 rings (SSSR count). The van der Waals surface area contributed by atoms with Crippen molar-refractivity contribution >= 4 is 0 Å². The van der Waals surface area contributed by atoms with Crippen molar-refractivity contribution in [3.63, 3.8) is 0 Å². The molecule has 0 aromatic carbocycles. The van der Waals surface area contributed by atoms with Crippen LogP contribution in [-0.2, 0) is 33.2 Å². The highest BCUT2D eigenvalue weighted by Gasteiger charge is 2.77. The van der Waals surface area contributed by atoms with E-state index in [1.807, 2.05) is 6.92 Å². The Morgan fingerprint density at radius 1 is 0.600 bits per heavy atom. The van der Waals surface area contributed by atoms with E-state index < -0.39 is 117 Å². The fraction of sp³-hybridized carbons (Fsp3) is 0.958. The predicted molar refractivity (Wildman–Crippen MR) is 228 cm³/mol. The Kier molecular flexibility index (Phi) is 12.7. The minimum Gasteiger partial charge on any atom is -0.396 e. The van der Waals surface area contributed by atoms with Crippen molar-refractivity contribution in [3.8, 4) is 0 Å². The molecule has 17 heteroatoms. The smallest absolute Gasteiger partial charge is 0.187 e. The van der Waals surface area contributed by atoms with Crippen LogP contribution in [0.1, 0.15) is 106 Å². The number of hydrogen-bond donors (Lipinski definition) is 10. The van der Waals surface area contributed by atoms with Gasteiger partial charge in [0.25, 0.3) is 0 Å². The van der Waals surface area contributed by atoms with Crippen molar-refractivity contribution in [1.82, 2.24) is 0 Å². The molecular weight excluding hydrogens is 849 g/mol. The van der Waals surface area contributed by atoms with E-state index in [2.05, 4.69) is 46.8 Å². The van der Waals surface area contributed by atoms with Gasteiger partial charge in [-0.1, -0.05) is 53.7 Å². The van der Waals surface area contributed by atoms with Gasteiger partial charge < -0.3 is 84.2 Å². The summed E-state index contributed by atoms with van der Waals surface area (Å²) in [4.78, 5) is 0. The van der Waals surface area contributed by atoms with Crippen LogP contribution >= 0.6 is 0 Å². The average Bonchev–Trinajstić information content (AvgIpc) is 3.51. The summed E-state index contributed by atoms with van der Waals surface area (Å²) in [6.07, 6.45) is -10.7. The van der Waals surface area contributed by atoms with E-state index in [-0.39, 0.29) is 51.1 Å². The molecule has 0 aromatic heterocycles. The number of aliphatic hydroxyl groups excluding tert-OH is 10. The average molecular weight is 927 g/mol. The second-order valence-electron chi connectivity index (χ2n) is 23.7. The SMILES string of the molecule is C[C@H]1O[C@@H](O[C@H]2CC[C@@]3(C)[C@@H](CC[C@]4(C)[C@@H]3C=C[C@]35OC[C@@]6(CCC(C)(C)C[C@H]63)CC[C@]54C)[C@]2(C)CO)[C@H](O[C@@H]2O[C@H](CO)[C@@H](O)[C@H](O)[C@H]2O)[C@@H](O[C@@H]2O[C@H](CO)[C@@H](O)[C@H](O)[C@H]2O)[C@H]1O. The lowest BCUT2D eigenvalue weighted by molar-refractivity contribution is -0.398. The third-order valence-corrected chi connectivity index (χ3v) is 20.0. The van der Waals surface area contributed by atoms with E-state index in [0.29, 0.717) is 12.3 Å². The zero-order valence-electron chi connectivity index (χ0n) is 39.1. The van der Waals surface area contributed by atoms with Crippen molar-refractivity contribution in [1.29, 1.82) is 0 Å². The van der Waals surface area contributed by atoms with Crippen molar-refractivity contribution in [2.45, 2.75) is 210 Å². The van der Waals surface area contributed by atoms with E-state index in [0.717, 1.165) is 38.7 Å². The lowest BCUT2D eigenvalue weighted by Crippen LogP contribution is -2.71. The highest BCUT2D eigenvalue weighted by Crippen LogP contribution is 2.79. The second kappa shape index (κ2) is 16.8. The van der Waals surface area contributed by atoms with Crippen molar-refractivity contribution in [2.75, 3.05) is 26.4 Å². The number of fused-ring (bicyclic) bond motifs is 4. The Morgan fingerprint density at radius 3 is 1.80 bits per heavy atom. The third-order valence-electron chi connectivity index (χ3n) is 20.0. The molecule has 17 nitrogen and oxygen atoms in total. The maximum absolute atomic E-state index is 11.7. The van der Waals surface area contributed by atoms with Gasteiger partial charge in [-0.2, -0.15) is 0 Å². The van der Waals surface area contributed by atoms with Gasteiger partial charge in [-0.3, -0.25) is 0 Å². The molecule has 372 valence electrons. The fourth-order valence-electron chi connectivity index (χ4n) is 15.7. The van der Waals surface area contributed by atoms with Gasteiger partial charge in [0.05, 0.1) is 44.2 Å². The molecule has 0 aromatic rings. The molecule has 4 heterocycles. The van der Waals surface area contributed by atoms with Crippen molar-refractivity contribution in [3.05, 3.63) is 12.2 Å². The van der Waals surface area contributed by atoms with Gasteiger partial charge in [-0.05, 0) is 98.2 Å². The topological polar surface area (TPSA) is 267 Å². The molecule has 0 radical (unpaired) electrons. The molecule has 65 heavy (non-hydrogen) atoms. The van der Waals surface area contributed by atoms with Gasteiger partial charge in [0, 0.05) is 16.7 Å². The summed E-state index contributed by atoms with van der Waals surface area (Å²) in [6.45, 7) is 15.0. The van der Waals surface area contributed by atoms with Crippen LogP contribution in [0, 0.1) is 50.2 Å². The normalized spacial score (nSPS) is 58.3. The quantitative estimate of drug-likeness (QED) is 0.112. The first-order valence-electron chi connectivity index (χ1n) is 24.4. The Bertz CT molecular complexity index is 1770. The van der Waals surface area contributed by atoms with Crippen molar-refractivity contribution in [2.24, 2.45) is 50.2 Å². The van der Waals surface area contributed by atoms with Gasteiger partial charge in [0.15, 0.2) is 18.9 Å². The van der Waals surface area contributed by atoms with Gasteiger partial charge in [-0.15, -0.1) is 0 Å². The Morgan fingerprint density at radius 2 is 1.20 bits per heavy atom. The van der Waals surface area contributed by atoms with Crippen LogP contribution in [0.4, 0.5) is 0 Å². The first kappa shape index (κ1) is 49.1. The summed E-state index contributed by atoms with van der Waals surface area (Å²) >= 11 is 0. The molecule has 1 spiro atoms. The second-order valence-corrected chi connectivity index (χ2v) is 23.7. The minimum absolute atomic E-state index is 0.0162. The number of aliphatic hydroxyl groups is 10. The summed E-state index contributed by atoms with van der Waals surface area (Å²) < 4.78 is 44.5. The fourth-order valence-corrected chi connectivity index (χ4v) is 15.7. The first-order chi connectivity index (χ1) is 30.5. The first-order valence-corrected chi connectivity index (χ1v) is 24.4. The highest BCUT2D eigenvalue weighted by molar-refractivity contribution is 5.35. The number of rotatable bonds is 9. The van der Waals surface area contributed by atoms with Gasteiger partial charge in [0.1, 0.15) is 67.1 Å². The van der Waals surface area contributed by atoms with Gasteiger partial charge >= 0.3 is 0 Å². The van der Waals surface area contributed by atoms with E-state index in [9.17, 15) is 51.1 Å². The number of hydrogen-bond acceptors (Lipinski definition) is 17. The van der Waals surface area contributed by atoms with Crippen LogP contribution in [0.15, 0.2) is 12.2 Å². The number of allylic oxidation sites excluding steroid dienone is 1. The minimum atomic E-state index is -1.86. The molecule has 4 aliphatic heterocycles. The van der Waals surface area contributed by atoms with E-state index >= 15 is 0 Å².